The van der Waals surface area contributed by atoms with E-state index in [4.69, 9.17) is 5.53 Å². The molecule has 0 spiro atoms. The van der Waals surface area contributed by atoms with Gasteiger partial charge in [0.1, 0.15) is 0 Å². The molecule has 0 aliphatic carbocycles. The van der Waals surface area contributed by atoms with Crippen molar-refractivity contribution >= 4 is 11.9 Å². The van der Waals surface area contributed by atoms with Gasteiger partial charge in [-0.2, -0.15) is 10.7 Å². The number of hydrazine groups is 2. The summed E-state index contributed by atoms with van der Waals surface area (Å²) in [5, 5.41) is 20.7. The molecule has 0 amide bonds. The molecular formula is C2H5N11. The third kappa shape index (κ3) is 1.22. The summed E-state index contributed by atoms with van der Waals surface area (Å²) in [7, 11) is 0. The van der Waals surface area contributed by atoms with E-state index in [9.17, 15) is 0 Å². The van der Waals surface area contributed by atoms with Gasteiger partial charge < -0.3 is 0 Å². The predicted molar refractivity (Wildman–Crippen MR) is 38.6 cm³/mol. The Labute approximate surface area is 71.0 Å². The highest BCUT2D eigenvalue weighted by molar-refractivity contribution is 5.93. The van der Waals surface area contributed by atoms with Crippen LogP contribution in [0.3, 0.4) is 0 Å². The van der Waals surface area contributed by atoms with Crippen molar-refractivity contribution in [1.29, 1.82) is 5.53 Å². The second-order valence-corrected chi connectivity index (χ2v) is 1.92. The van der Waals surface area contributed by atoms with E-state index in [0.717, 1.165) is 5.01 Å². The van der Waals surface area contributed by atoms with E-state index in [-0.39, 0.29) is 11.9 Å². The molecule has 68 valence electrons. The van der Waals surface area contributed by atoms with Gasteiger partial charge in [0, 0.05) is 0 Å². The first kappa shape index (κ1) is 7.35. The summed E-state index contributed by atoms with van der Waals surface area (Å²) in [6.45, 7) is 0. The number of nitrogens with zero attached hydrogens (tertiary/aromatic N) is 6. The average molecular weight is 183 g/mol. The molecule has 0 saturated heterocycles. The second-order valence-electron chi connectivity index (χ2n) is 1.92. The number of hydrazone groups is 1. The van der Waals surface area contributed by atoms with Crippen molar-refractivity contribution in [3.63, 3.8) is 0 Å². The standard InChI is InChI=1S/C2H5N11/c3-8-13(1-4-9-10-5-1)2-6-11-12-7-2/h3,9-10H,(H,4,5)(H,6,7,11,12). The molecule has 0 radical (unpaired) electrons. The fourth-order valence-electron chi connectivity index (χ4n) is 0.726. The van der Waals surface area contributed by atoms with Gasteiger partial charge in [-0.3, -0.25) is 5.43 Å². The van der Waals surface area contributed by atoms with E-state index in [1.165, 1.54) is 0 Å². The van der Waals surface area contributed by atoms with Gasteiger partial charge in [-0.1, -0.05) is 10.3 Å². The van der Waals surface area contributed by atoms with Crippen molar-refractivity contribution in [3.8, 4) is 0 Å². The smallest absolute Gasteiger partial charge is 0.269 e. The molecule has 0 unspecified atom stereocenters. The lowest BCUT2D eigenvalue weighted by Crippen LogP contribution is -2.42. The van der Waals surface area contributed by atoms with Crippen LogP contribution >= 0.6 is 0 Å². The van der Waals surface area contributed by atoms with E-state index in [0.29, 0.717) is 0 Å². The van der Waals surface area contributed by atoms with Crippen LogP contribution in [0, 0.1) is 5.53 Å². The maximum Gasteiger partial charge on any atom is 0.294 e. The zero-order valence-corrected chi connectivity index (χ0v) is 6.18. The Balaban J connectivity index is 2.23. The first-order valence-corrected chi connectivity index (χ1v) is 3.16. The zero-order chi connectivity index (χ0) is 9.10. The molecule has 0 aromatic carbocycles. The van der Waals surface area contributed by atoms with Crippen molar-refractivity contribution in [2.24, 2.45) is 10.3 Å². The van der Waals surface area contributed by atoms with Gasteiger partial charge in [-0.25, -0.2) is 5.53 Å². The van der Waals surface area contributed by atoms with Crippen LogP contribution in [-0.2, 0) is 0 Å². The maximum atomic E-state index is 6.85. The molecule has 0 saturated carbocycles. The number of hydrogen-bond acceptors (Lipinski definition) is 9. The summed E-state index contributed by atoms with van der Waals surface area (Å²) in [5.41, 5.74) is 14.3. The number of hydrogen-bond donors (Lipinski definition) is 5. The van der Waals surface area contributed by atoms with E-state index < -0.39 is 0 Å². The predicted octanol–water partition coefficient (Wildman–Crippen LogP) is -2.16. The lowest BCUT2D eigenvalue weighted by atomic mass is 10.8. The summed E-state index contributed by atoms with van der Waals surface area (Å²) in [5.74, 6) is 0.364. The Morgan fingerprint density at radius 1 is 1.46 bits per heavy atom. The van der Waals surface area contributed by atoms with Crippen molar-refractivity contribution < 1.29 is 0 Å². The fraction of sp³-hybridized carbons (Fsp3) is 0. The highest BCUT2D eigenvalue weighted by Gasteiger charge is 2.19. The maximum absolute atomic E-state index is 6.85. The molecule has 2 heterocycles. The van der Waals surface area contributed by atoms with Crippen LogP contribution in [0.4, 0.5) is 5.95 Å². The Kier molecular flexibility index (Phi) is 1.69. The average Bonchev–Trinajstić information content (AvgIpc) is 2.76. The largest absolute Gasteiger partial charge is 0.294 e. The van der Waals surface area contributed by atoms with Gasteiger partial charge in [0.15, 0.2) is 0 Å². The third-order valence-electron chi connectivity index (χ3n) is 1.22. The summed E-state index contributed by atoms with van der Waals surface area (Å²) in [4.78, 5) is 0. The minimum Gasteiger partial charge on any atom is -0.269 e. The molecule has 11 heteroatoms. The first-order valence-electron chi connectivity index (χ1n) is 3.16. The van der Waals surface area contributed by atoms with Crippen LogP contribution in [-0.4, -0.2) is 26.6 Å². The van der Waals surface area contributed by atoms with E-state index in [1.807, 2.05) is 0 Å². The van der Waals surface area contributed by atoms with E-state index in [1.54, 1.807) is 0 Å². The van der Waals surface area contributed by atoms with E-state index >= 15 is 0 Å². The lowest BCUT2D eigenvalue weighted by molar-refractivity contribution is 0.575. The van der Waals surface area contributed by atoms with E-state index in [2.05, 4.69) is 47.4 Å². The zero-order valence-electron chi connectivity index (χ0n) is 6.18. The quantitative estimate of drug-likeness (QED) is 0.259. The highest BCUT2D eigenvalue weighted by Crippen LogP contribution is 2.03. The minimum absolute atomic E-state index is 0.117. The van der Waals surface area contributed by atoms with Crippen LogP contribution in [0.25, 0.3) is 0 Å². The number of aromatic amines is 1. The van der Waals surface area contributed by atoms with Crippen LogP contribution < -0.4 is 21.5 Å². The topological polar surface area (TPSA) is 142 Å². The van der Waals surface area contributed by atoms with Crippen LogP contribution in [0.15, 0.2) is 10.3 Å². The summed E-state index contributed by atoms with van der Waals surface area (Å²) in [6, 6.07) is 0. The molecule has 0 atom stereocenters. The Morgan fingerprint density at radius 3 is 2.92 bits per heavy atom. The minimum atomic E-state index is 0.117. The normalized spacial score (nSPS) is 14.3. The first-order chi connectivity index (χ1) is 6.42. The van der Waals surface area contributed by atoms with Gasteiger partial charge in [-0.15, -0.1) is 20.7 Å². The van der Waals surface area contributed by atoms with Crippen molar-refractivity contribution in [2.75, 3.05) is 5.01 Å². The van der Waals surface area contributed by atoms with Crippen LogP contribution in [0.1, 0.15) is 0 Å². The lowest BCUT2D eigenvalue weighted by Gasteiger charge is -2.08. The Hall–Kier alpha value is -2.30. The van der Waals surface area contributed by atoms with Gasteiger partial charge >= 0.3 is 0 Å². The number of rotatable bonds is 2. The molecule has 13 heavy (non-hydrogen) atoms. The van der Waals surface area contributed by atoms with Gasteiger partial charge in [-0.05, 0) is 5.21 Å². The molecule has 1 aromatic heterocycles. The molecule has 11 nitrogen and oxygen atoms in total. The molecule has 0 bridgehead atoms. The van der Waals surface area contributed by atoms with Crippen molar-refractivity contribution in [2.45, 2.75) is 0 Å². The monoisotopic (exact) mass is 183 g/mol. The molecule has 2 rings (SSSR count). The van der Waals surface area contributed by atoms with Gasteiger partial charge in [0.25, 0.3) is 11.9 Å². The number of nitrogens with one attached hydrogen (secondary N) is 5. The number of aromatic nitrogens is 4. The van der Waals surface area contributed by atoms with Crippen molar-refractivity contribution in [3.05, 3.63) is 0 Å². The molecule has 1 aromatic rings. The number of H-pyrrole nitrogens is 1. The Bertz CT molecular complexity index is 309. The summed E-state index contributed by atoms with van der Waals surface area (Å²) < 4.78 is 0. The molecular weight excluding hydrogens is 178 g/mol. The Morgan fingerprint density at radius 2 is 2.38 bits per heavy atom. The number of tetrazole rings is 1. The number of guanidine groups is 1. The van der Waals surface area contributed by atoms with Gasteiger partial charge in [0.05, 0.1) is 0 Å². The molecule has 0 fully saturated rings. The molecule has 1 aliphatic rings. The fourth-order valence-corrected chi connectivity index (χ4v) is 0.726. The summed E-state index contributed by atoms with van der Waals surface area (Å²) in [6.07, 6.45) is 0. The molecule has 5 N–H and O–H groups in total. The van der Waals surface area contributed by atoms with Gasteiger partial charge in [0.2, 0.25) is 0 Å². The second kappa shape index (κ2) is 2.98. The third-order valence-corrected chi connectivity index (χ3v) is 1.22. The highest BCUT2D eigenvalue weighted by atomic mass is 15.8. The van der Waals surface area contributed by atoms with Crippen LogP contribution in [0.2, 0.25) is 0 Å². The number of anilines is 1. The summed E-state index contributed by atoms with van der Waals surface area (Å²) >= 11 is 0. The van der Waals surface area contributed by atoms with Crippen LogP contribution in [0.5, 0.6) is 0 Å². The van der Waals surface area contributed by atoms with Crippen molar-refractivity contribution in [1.82, 2.24) is 37.1 Å². The molecule has 1 aliphatic heterocycles. The SMILES string of the molecule is N=NN(C1=NNNN1)c1nn[nH]n1.